The van der Waals surface area contributed by atoms with E-state index in [1.54, 1.807) is 10.7 Å². The maximum Gasteiger partial charge on any atom is 0.221 e. The third kappa shape index (κ3) is 2.06. The summed E-state index contributed by atoms with van der Waals surface area (Å²) in [5.74, 6) is 0.660. The number of nitrogens with two attached hydrogens (primary N) is 1. The molecule has 0 fully saturated rings. The molecular formula is C12H9BrFN5. The average Bonchev–Trinajstić information content (AvgIpc) is 2.76. The van der Waals surface area contributed by atoms with Crippen molar-refractivity contribution in [3.8, 4) is 5.82 Å². The summed E-state index contributed by atoms with van der Waals surface area (Å²) < 4.78 is 15.5. The summed E-state index contributed by atoms with van der Waals surface area (Å²) >= 11 is 3.39. The maximum atomic E-state index is 13.0. The lowest BCUT2D eigenvalue weighted by atomic mass is 10.2. The zero-order valence-electron chi connectivity index (χ0n) is 9.72. The molecule has 0 spiro atoms. The molecule has 0 unspecified atom stereocenters. The molecule has 2 N–H and O–H groups in total. The second kappa shape index (κ2) is 4.58. The Morgan fingerprint density at radius 2 is 2.16 bits per heavy atom. The Kier molecular flexibility index (Phi) is 2.90. The monoisotopic (exact) mass is 321 g/mol. The molecular weight excluding hydrogens is 313 g/mol. The molecule has 5 nitrogen and oxygen atoms in total. The SMILES string of the molecule is Nc1nccc(-n2nc(CF)c3ccc(Br)cc32)n1. The smallest absolute Gasteiger partial charge is 0.221 e. The van der Waals surface area contributed by atoms with Crippen molar-refractivity contribution in [3.05, 3.63) is 40.6 Å². The number of anilines is 1. The lowest BCUT2D eigenvalue weighted by Crippen LogP contribution is -2.03. The number of hydrogen-bond donors (Lipinski definition) is 1. The fraction of sp³-hybridized carbons (Fsp3) is 0.0833. The largest absolute Gasteiger partial charge is 0.368 e. The van der Waals surface area contributed by atoms with E-state index < -0.39 is 6.67 Å². The molecule has 3 aromatic rings. The minimum Gasteiger partial charge on any atom is -0.368 e. The first kappa shape index (κ1) is 12.0. The highest BCUT2D eigenvalue weighted by molar-refractivity contribution is 9.10. The van der Waals surface area contributed by atoms with Crippen molar-refractivity contribution in [1.29, 1.82) is 0 Å². The van der Waals surface area contributed by atoms with Crippen LogP contribution in [-0.2, 0) is 6.67 Å². The third-order valence-electron chi connectivity index (χ3n) is 2.72. The molecule has 96 valence electrons. The summed E-state index contributed by atoms with van der Waals surface area (Å²) in [7, 11) is 0. The third-order valence-corrected chi connectivity index (χ3v) is 3.22. The fourth-order valence-corrected chi connectivity index (χ4v) is 2.26. The van der Waals surface area contributed by atoms with E-state index in [0.717, 1.165) is 15.4 Å². The Bertz CT molecular complexity index is 755. The average molecular weight is 322 g/mol. The van der Waals surface area contributed by atoms with Gasteiger partial charge in [0.25, 0.3) is 0 Å². The minimum atomic E-state index is -0.633. The van der Waals surface area contributed by atoms with Gasteiger partial charge < -0.3 is 5.73 Å². The number of nitrogens with zero attached hydrogens (tertiary/aromatic N) is 4. The lowest BCUT2D eigenvalue weighted by Gasteiger charge is -2.02. The first-order chi connectivity index (χ1) is 9.19. The van der Waals surface area contributed by atoms with Crippen molar-refractivity contribution in [2.75, 3.05) is 5.73 Å². The Hall–Kier alpha value is -2.02. The summed E-state index contributed by atoms with van der Waals surface area (Å²) in [4.78, 5) is 7.93. The molecule has 0 aliphatic carbocycles. The lowest BCUT2D eigenvalue weighted by molar-refractivity contribution is 0.475. The van der Waals surface area contributed by atoms with E-state index in [1.807, 2.05) is 18.2 Å². The Balaban J connectivity index is 2.31. The molecule has 3 rings (SSSR count). The van der Waals surface area contributed by atoms with Gasteiger partial charge in [0, 0.05) is 22.1 Å². The van der Waals surface area contributed by atoms with Gasteiger partial charge in [-0.3, -0.25) is 0 Å². The van der Waals surface area contributed by atoms with Crippen LogP contribution in [0.1, 0.15) is 5.69 Å². The van der Waals surface area contributed by atoms with Gasteiger partial charge in [0.1, 0.15) is 12.4 Å². The van der Waals surface area contributed by atoms with Crippen LogP contribution < -0.4 is 5.73 Å². The topological polar surface area (TPSA) is 69.6 Å². The second-order valence-corrected chi connectivity index (χ2v) is 4.84. The number of halogens is 2. The number of rotatable bonds is 2. The number of aromatic nitrogens is 4. The van der Waals surface area contributed by atoms with Gasteiger partial charge in [0.2, 0.25) is 5.95 Å². The van der Waals surface area contributed by atoms with Crippen LogP contribution in [0.25, 0.3) is 16.7 Å². The Morgan fingerprint density at radius 3 is 2.89 bits per heavy atom. The van der Waals surface area contributed by atoms with E-state index in [2.05, 4.69) is 31.0 Å². The van der Waals surface area contributed by atoms with Crippen molar-refractivity contribution in [1.82, 2.24) is 19.7 Å². The predicted octanol–water partition coefficient (Wildman–Crippen LogP) is 2.63. The fourth-order valence-electron chi connectivity index (χ4n) is 1.91. The zero-order valence-corrected chi connectivity index (χ0v) is 11.3. The van der Waals surface area contributed by atoms with Crippen LogP contribution in [0.2, 0.25) is 0 Å². The van der Waals surface area contributed by atoms with Crippen molar-refractivity contribution < 1.29 is 4.39 Å². The van der Waals surface area contributed by atoms with E-state index in [4.69, 9.17) is 5.73 Å². The molecule has 0 aliphatic heterocycles. The highest BCUT2D eigenvalue weighted by Crippen LogP contribution is 2.25. The molecule has 0 amide bonds. The number of benzene rings is 1. The van der Waals surface area contributed by atoms with Crippen molar-refractivity contribution in [3.63, 3.8) is 0 Å². The van der Waals surface area contributed by atoms with Crippen molar-refractivity contribution >= 4 is 32.8 Å². The van der Waals surface area contributed by atoms with Crippen LogP contribution in [0.4, 0.5) is 10.3 Å². The summed E-state index contributed by atoms with van der Waals surface area (Å²) in [5, 5.41) is 4.99. The van der Waals surface area contributed by atoms with E-state index in [1.165, 1.54) is 6.20 Å². The van der Waals surface area contributed by atoms with Crippen LogP contribution in [0, 0.1) is 0 Å². The zero-order chi connectivity index (χ0) is 13.4. The first-order valence-electron chi connectivity index (χ1n) is 5.51. The molecule has 0 atom stereocenters. The summed E-state index contributed by atoms with van der Waals surface area (Å²) in [6, 6.07) is 7.20. The Morgan fingerprint density at radius 1 is 1.32 bits per heavy atom. The van der Waals surface area contributed by atoms with Gasteiger partial charge in [-0.05, 0) is 18.2 Å². The van der Waals surface area contributed by atoms with Crippen LogP contribution in [0.15, 0.2) is 34.9 Å². The number of nitrogen functional groups attached to an aromatic ring is 1. The molecule has 2 heterocycles. The maximum absolute atomic E-state index is 13.0. The first-order valence-corrected chi connectivity index (χ1v) is 6.30. The van der Waals surface area contributed by atoms with Crippen molar-refractivity contribution in [2.24, 2.45) is 0 Å². The van der Waals surface area contributed by atoms with Gasteiger partial charge in [-0.2, -0.15) is 10.1 Å². The number of hydrogen-bond acceptors (Lipinski definition) is 4. The van der Waals surface area contributed by atoms with E-state index in [-0.39, 0.29) is 5.95 Å². The number of fused-ring (bicyclic) bond motifs is 1. The van der Waals surface area contributed by atoms with Crippen LogP contribution in [-0.4, -0.2) is 19.7 Å². The molecule has 19 heavy (non-hydrogen) atoms. The van der Waals surface area contributed by atoms with Gasteiger partial charge in [-0.15, -0.1) is 0 Å². The van der Waals surface area contributed by atoms with E-state index >= 15 is 0 Å². The van der Waals surface area contributed by atoms with Crippen LogP contribution in [0.5, 0.6) is 0 Å². The number of alkyl halides is 1. The van der Waals surface area contributed by atoms with Gasteiger partial charge in [0.05, 0.1) is 5.52 Å². The molecule has 0 bridgehead atoms. The van der Waals surface area contributed by atoms with E-state index in [9.17, 15) is 4.39 Å². The van der Waals surface area contributed by atoms with Crippen LogP contribution in [0.3, 0.4) is 0 Å². The normalized spacial score (nSPS) is 11.1. The molecule has 1 aromatic carbocycles. The second-order valence-electron chi connectivity index (χ2n) is 3.93. The van der Waals surface area contributed by atoms with Gasteiger partial charge in [0.15, 0.2) is 5.82 Å². The predicted molar refractivity (Wildman–Crippen MR) is 73.6 cm³/mol. The minimum absolute atomic E-state index is 0.151. The van der Waals surface area contributed by atoms with Crippen molar-refractivity contribution in [2.45, 2.75) is 6.67 Å². The molecule has 2 aromatic heterocycles. The molecule has 0 radical (unpaired) electrons. The quantitative estimate of drug-likeness (QED) is 0.787. The summed E-state index contributed by atoms with van der Waals surface area (Å²) in [6.07, 6.45) is 1.54. The van der Waals surface area contributed by atoms with E-state index in [0.29, 0.717) is 11.5 Å². The molecule has 7 heteroatoms. The van der Waals surface area contributed by atoms with Crippen LogP contribution >= 0.6 is 15.9 Å². The highest BCUT2D eigenvalue weighted by atomic mass is 79.9. The van der Waals surface area contributed by atoms with Gasteiger partial charge in [-0.1, -0.05) is 15.9 Å². The molecule has 0 saturated heterocycles. The summed E-state index contributed by atoms with van der Waals surface area (Å²) in [6.45, 7) is -0.633. The van der Waals surface area contributed by atoms with Gasteiger partial charge >= 0.3 is 0 Å². The Labute approximate surface area is 116 Å². The summed E-state index contributed by atoms with van der Waals surface area (Å²) in [5.41, 5.74) is 6.70. The van der Waals surface area contributed by atoms with Gasteiger partial charge in [-0.25, -0.2) is 14.1 Å². The highest BCUT2D eigenvalue weighted by Gasteiger charge is 2.13. The molecule has 0 saturated carbocycles. The standard InChI is InChI=1S/C12H9BrFN5/c13-7-1-2-8-9(6-14)18-19(10(8)5-7)11-3-4-16-12(15)17-11/h1-5H,6H2,(H2,15,16,17). The molecule has 0 aliphatic rings.